The van der Waals surface area contributed by atoms with E-state index in [0.717, 1.165) is 6.92 Å². The highest BCUT2D eigenvalue weighted by Crippen LogP contribution is 2.47. The molecule has 0 fully saturated rings. The van der Waals surface area contributed by atoms with Gasteiger partial charge in [-0.05, 0) is 6.92 Å². The number of hydrogen-bond donors (Lipinski definition) is 5. The zero-order valence-corrected chi connectivity index (χ0v) is 7.55. The molecule has 0 radical (unpaired) electrons. The lowest BCUT2D eigenvalue weighted by atomic mass is 10.0. The summed E-state index contributed by atoms with van der Waals surface area (Å²) in [7, 11) is -4.88. The van der Waals surface area contributed by atoms with Gasteiger partial charge >= 0.3 is 13.5 Å². The van der Waals surface area contributed by atoms with Crippen molar-refractivity contribution in [1.82, 2.24) is 0 Å². The number of carbonyl (C=O) groups excluding carboxylic acids is 2. The zero-order valence-electron chi connectivity index (χ0n) is 6.65. The molecular weight excluding hydrogens is 203 g/mol. The van der Waals surface area contributed by atoms with Crippen LogP contribution in [-0.4, -0.2) is 48.4 Å². The maximum Gasteiger partial charge on any atom is 0.481 e. The molecule has 0 bridgehead atoms. The average molecular weight is 213 g/mol. The molecule has 0 saturated heterocycles. The van der Waals surface area contributed by atoms with Crippen LogP contribution in [0.25, 0.3) is 0 Å². The van der Waals surface area contributed by atoms with Gasteiger partial charge < -0.3 is 15.0 Å². The summed E-state index contributed by atoms with van der Waals surface area (Å²) in [6, 6.07) is 0. The Balaban J connectivity index is 4.72. The van der Waals surface area contributed by atoms with Crippen LogP contribution in [0.5, 0.6) is 0 Å². The van der Waals surface area contributed by atoms with Crippen LogP contribution in [0.1, 0.15) is 6.92 Å². The molecule has 8 heteroatoms. The normalized spacial score (nSPS) is 18.9. The molecule has 0 amide bonds. The molecule has 0 aromatic carbocycles. The van der Waals surface area contributed by atoms with Crippen molar-refractivity contribution < 1.29 is 34.5 Å². The topological polar surface area (TPSA) is 135 Å². The van der Waals surface area contributed by atoms with Crippen molar-refractivity contribution in [1.29, 1.82) is 0 Å². The Hall–Kier alpha value is -0.430. The van der Waals surface area contributed by atoms with Gasteiger partial charge in [-0.3, -0.25) is 0 Å². The van der Waals surface area contributed by atoms with Crippen LogP contribution in [0.2, 0.25) is 0 Å². The molecule has 0 aliphatic rings. The predicted molar refractivity (Wildman–Crippen MR) is 41.3 cm³/mol. The van der Waals surface area contributed by atoms with Gasteiger partial charge in [0.2, 0.25) is 0 Å². The predicted octanol–water partition coefficient (Wildman–Crippen LogP) is -2.44. The van der Waals surface area contributed by atoms with Crippen molar-refractivity contribution in [3.63, 3.8) is 0 Å². The van der Waals surface area contributed by atoms with Crippen LogP contribution in [0.3, 0.4) is 0 Å². The Morgan fingerprint density at radius 1 is 1.46 bits per heavy atom. The van der Waals surface area contributed by atoms with Crippen LogP contribution >= 0.6 is 7.94 Å². The van der Waals surface area contributed by atoms with E-state index in [2.05, 4.69) is 0 Å². The van der Waals surface area contributed by atoms with Crippen molar-refractivity contribution in [2.24, 2.45) is 0 Å². The molecule has 0 heterocycles. The largest absolute Gasteiger partial charge is 0.481 e. The Morgan fingerprint density at radius 3 is 2.08 bits per heavy atom. The Bertz CT molecular complexity index is 217. The SMILES string of the molecule is CC(O)(C=O)C(O)C(=O)[P+](O)(O)O. The minimum absolute atomic E-state index is 0.148. The number of rotatable bonds is 4. The monoisotopic (exact) mass is 213 g/mol. The fourth-order valence-corrected chi connectivity index (χ4v) is 1.07. The maximum absolute atomic E-state index is 10.7. The molecule has 0 aliphatic heterocycles. The summed E-state index contributed by atoms with van der Waals surface area (Å²) in [5.74, 6) is 0. The molecule has 0 aliphatic carbocycles. The minimum atomic E-state index is -4.88. The molecule has 0 aromatic heterocycles. The average Bonchev–Trinajstić information content (AvgIpc) is 2.00. The number of carbonyl (C=O) groups is 2. The smallest absolute Gasteiger partial charge is 0.379 e. The lowest BCUT2D eigenvalue weighted by molar-refractivity contribution is -0.145. The molecule has 7 nitrogen and oxygen atoms in total. The van der Waals surface area contributed by atoms with E-state index in [-0.39, 0.29) is 6.29 Å². The summed E-state index contributed by atoms with van der Waals surface area (Å²) in [5, 5.41) is 17.9. The molecule has 5 N–H and O–H groups in total. The molecule has 0 spiro atoms. The van der Waals surface area contributed by atoms with Crippen LogP contribution in [0.4, 0.5) is 0 Å². The van der Waals surface area contributed by atoms with Gasteiger partial charge in [-0.2, -0.15) is 14.7 Å². The van der Waals surface area contributed by atoms with Gasteiger partial charge in [-0.25, -0.2) is 4.79 Å². The van der Waals surface area contributed by atoms with Gasteiger partial charge in [0.25, 0.3) is 0 Å². The lowest BCUT2D eigenvalue weighted by Gasteiger charge is -2.19. The highest BCUT2D eigenvalue weighted by Gasteiger charge is 2.53. The van der Waals surface area contributed by atoms with Gasteiger partial charge in [-0.15, -0.1) is 0 Å². The van der Waals surface area contributed by atoms with Crippen molar-refractivity contribution >= 4 is 19.8 Å². The number of aliphatic hydroxyl groups excluding tert-OH is 1. The second-order valence-corrected chi connectivity index (χ2v) is 4.23. The van der Waals surface area contributed by atoms with E-state index in [1.165, 1.54) is 0 Å². The summed E-state index contributed by atoms with van der Waals surface area (Å²) in [5.41, 5.74) is -4.22. The highest BCUT2D eigenvalue weighted by atomic mass is 31.2. The first-order valence-electron chi connectivity index (χ1n) is 3.11. The third-order valence-corrected chi connectivity index (χ3v) is 2.16. The number of aliphatic hydroxyl groups is 2. The Labute approximate surface area is 73.8 Å². The molecule has 0 saturated carbocycles. The third kappa shape index (κ3) is 3.07. The molecule has 2 unspecified atom stereocenters. The molecule has 2 atom stereocenters. The van der Waals surface area contributed by atoms with Crippen LogP contribution in [-0.2, 0) is 9.59 Å². The summed E-state index contributed by atoms with van der Waals surface area (Å²) >= 11 is 0. The van der Waals surface area contributed by atoms with E-state index in [1.807, 2.05) is 0 Å². The van der Waals surface area contributed by atoms with Crippen LogP contribution in [0, 0.1) is 0 Å². The molecule has 0 aromatic rings. The summed E-state index contributed by atoms with van der Waals surface area (Å²) in [6.07, 6.45) is -2.51. The van der Waals surface area contributed by atoms with E-state index in [1.54, 1.807) is 0 Å². The quantitative estimate of drug-likeness (QED) is 0.258. The number of aldehydes is 1. The van der Waals surface area contributed by atoms with Gasteiger partial charge in [0.05, 0.1) is 0 Å². The van der Waals surface area contributed by atoms with Gasteiger partial charge in [0.15, 0.2) is 18.0 Å². The Morgan fingerprint density at radius 2 is 1.85 bits per heavy atom. The first kappa shape index (κ1) is 12.6. The minimum Gasteiger partial charge on any atom is -0.379 e. The second kappa shape index (κ2) is 3.75. The lowest BCUT2D eigenvalue weighted by Crippen LogP contribution is -2.46. The fourth-order valence-electron chi connectivity index (χ4n) is 0.478. The van der Waals surface area contributed by atoms with Crippen molar-refractivity contribution in [3.05, 3.63) is 0 Å². The second-order valence-electron chi connectivity index (χ2n) is 2.65. The third-order valence-electron chi connectivity index (χ3n) is 1.32. The van der Waals surface area contributed by atoms with Crippen molar-refractivity contribution in [3.8, 4) is 0 Å². The van der Waals surface area contributed by atoms with Gasteiger partial charge in [0.1, 0.15) is 0 Å². The number of hydrogen-bond acceptors (Lipinski definition) is 7. The van der Waals surface area contributed by atoms with E-state index in [9.17, 15) is 9.59 Å². The zero-order chi connectivity index (χ0) is 10.9. The molecule has 0 rings (SSSR count). The summed E-state index contributed by atoms with van der Waals surface area (Å²) < 4.78 is 0. The first-order chi connectivity index (χ1) is 5.63. The summed E-state index contributed by atoms with van der Waals surface area (Å²) in [4.78, 5) is 46.0. The molecular formula is C5H10O7P+. The van der Waals surface area contributed by atoms with Crippen LogP contribution < -0.4 is 0 Å². The van der Waals surface area contributed by atoms with E-state index in [4.69, 9.17) is 24.9 Å². The first-order valence-corrected chi connectivity index (χ1v) is 4.76. The summed E-state index contributed by atoms with van der Waals surface area (Å²) in [6.45, 7) is 0.790. The maximum atomic E-state index is 10.7. The van der Waals surface area contributed by atoms with E-state index in [0.29, 0.717) is 0 Å². The molecule has 76 valence electrons. The van der Waals surface area contributed by atoms with Gasteiger partial charge in [0, 0.05) is 0 Å². The standard InChI is InChI=1S/C5H10O7P/c1-5(9,2-6)3(7)4(8)13(10,11)12/h2-3,7,9-12H,1H3/q+1. The van der Waals surface area contributed by atoms with Crippen molar-refractivity contribution in [2.45, 2.75) is 18.6 Å². The Kier molecular flexibility index (Phi) is 3.62. The van der Waals surface area contributed by atoms with E-state index >= 15 is 0 Å². The van der Waals surface area contributed by atoms with E-state index < -0.39 is 25.2 Å². The van der Waals surface area contributed by atoms with Gasteiger partial charge in [-0.1, -0.05) is 0 Å². The van der Waals surface area contributed by atoms with Crippen LogP contribution in [0.15, 0.2) is 0 Å². The highest BCUT2D eigenvalue weighted by molar-refractivity contribution is 7.76. The fraction of sp³-hybridized carbons (Fsp3) is 0.600. The van der Waals surface area contributed by atoms with Crippen molar-refractivity contribution in [2.75, 3.05) is 0 Å². The molecule has 13 heavy (non-hydrogen) atoms.